The van der Waals surface area contributed by atoms with E-state index in [0.717, 1.165) is 12.8 Å². The van der Waals surface area contributed by atoms with Crippen LogP contribution in [0.4, 0.5) is 0 Å². The van der Waals surface area contributed by atoms with Gasteiger partial charge in [-0.1, -0.05) is 19.8 Å². The minimum atomic E-state index is -0.772. The van der Waals surface area contributed by atoms with Crippen molar-refractivity contribution in [2.24, 2.45) is 5.92 Å². The molecule has 1 saturated carbocycles. The maximum absolute atomic E-state index is 10.2. The third kappa shape index (κ3) is 3.35. The van der Waals surface area contributed by atoms with E-state index in [9.17, 15) is 4.79 Å². The number of rotatable bonds is 5. The number of ether oxygens (including phenoxy) is 1. The lowest BCUT2D eigenvalue weighted by atomic mass is 10.0. The summed E-state index contributed by atoms with van der Waals surface area (Å²) in [5.41, 5.74) is 0. The van der Waals surface area contributed by atoms with E-state index in [1.165, 1.54) is 12.8 Å². The van der Waals surface area contributed by atoms with Crippen molar-refractivity contribution in [3.05, 3.63) is 0 Å². The summed E-state index contributed by atoms with van der Waals surface area (Å²) in [4.78, 5) is 10.2. The van der Waals surface area contributed by atoms with Crippen LogP contribution in [0.25, 0.3) is 0 Å². The van der Waals surface area contributed by atoms with Crippen molar-refractivity contribution in [3.8, 4) is 0 Å². The molecule has 0 aromatic rings. The fraction of sp³-hybridized carbons (Fsp3) is 0.900. The van der Waals surface area contributed by atoms with Gasteiger partial charge >= 0.3 is 5.97 Å². The summed E-state index contributed by atoms with van der Waals surface area (Å²) >= 11 is 0. The van der Waals surface area contributed by atoms with Crippen molar-refractivity contribution in [2.75, 3.05) is 6.61 Å². The molecule has 0 heterocycles. The number of aliphatic carboxylic acids is 1. The van der Waals surface area contributed by atoms with Crippen LogP contribution in [0.1, 0.15) is 39.0 Å². The molecule has 2 atom stereocenters. The lowest BCUT2D eigenvalue weighted by Crippen LogP contribution is -2.19. The second-order valence-electron chi connectivity index (χ2n) is 3.65. The average molecular weight is 186 g/mol. The van der Waals surface area contributed by atoms with Crippen molar-refractivity contribution in [1.29, 1.82) is 0 Å². The predicted octanol–water partition coefficient (Wildman–Crippen LogP) is 2.06. The van der Waals surface area contributed by atoms with E-state index >= 15 is 0 Å². The molecule has 3 nitrogen and oxygen atoms in total. The van der Waals surface area contributed by atoms with Gasteiger partial charge in [-0.3, -0.25) is 4.79 Å². The van der Waals surface area contributed by atoms with Gasteiger partial charge in [-0.25, -0.2) is 0 Å². The van der Waals surface area contributed by atoms with Crippen LogP contribution in [-0.4, -0.2) is 23.8 Å². The Balaban J connectivity index is 2.16. The second kappa shape index (κ2) is 5.22. The third-order valence-corrected chi connectivity index (χ3v) is 2.76. The molecule has 0 amide bonds. The van der Waals surface area contributed by atoms with Crippen LogP contribution >= 0.6 is 0 Å². The quantitative estimate of drug-likeness (QED) is 0.714. The van der Waals surface area contributed by atoms with Gasteiger partial charge in [0.15, 0.2) is 0 Å². The summed E-state index contributed by atoms with van der Waals surface area (Å²) in [5.74, 6) is -0.111. The smallest absolute Gasteiger partial charge is 0.305 e. The summed E-state index contributed by atoms with van der Waals surface area (Å²) in [6.45, 7) is 2.54. The van der Waals surface area contributed by atoms with E-state index in [2.05, 4.69) is 6.92 Å². The zero-order valence-electron chi connectivity index (χ0n) is 8.16. The molecular weight excluding hydrogens is 168 g/mol. The lowest BCUT2D eigenvalue weighted by Gasteiger charge is -2.17. The Morgan fingerprint density at radius 2 is 2.31 bits per heavy atom. The summed E-state index contributed by atoms with van der Waals surface area (Å²) in [7, 11) is 0. The van der Waals surface area contributed by atoms with Gasteiger partial charge in [0.2, 0.25) is 0 Å². The Morgan fingerprint density at radius 1 is 1.54 bits per heavy atom. The average Bonchev–Trinajstić information content (AvgIpc) is 2.51. The number of carbonyl (C=O) groups is 1. The maximum Gasteiger partial charge on any atom is 0.305 e. The highest BCUT2D eigenvalue weighted by Gasteiger charge is 2.26. The second-order valence-corrected chi connectivity index (χ2v) is 3.65. The van der Waals surface area contributed by atoms with Crippen molar-refractivity contribution in [3.63, 3.8) is 0 Å². The van der Waals surface area contributed by atoms with Crippen LogP contribution in [-0.2, 0) is 9.53 Å². The van der Waals surface area contributed by atoms with Crippen molar-refractivity contribution < 1.29 is 14.6 Å². The Kier molecular flexibility index (Phi) is 4.22. The van der Waals surface area contributed by atoms with Crippen LogP contribution in [0.2, 0.25) is 0 Å². The molecule has 0 aromatic heterocycles. The van der Waals surface area contributed by atoms with Crippen LogP contribution < -0.4 is 0 Å². The molecule has 0 radical (unpaired) electrons. The molecule has 1 fully saturated rings. The molecular formula is C10H18O3. The lowest BCUT2D eigenvalue weighted by molar-refractivity contribution is -0.138. The van der Waals surface area contributed by atoms with E-state index in [1.807, 2.05) is 0 Å². The fourth-order valence-corrected chi connectivity index (χ4v) is 1.99. The molecule has 1 rings (SSSR count). The third-order valence-electron chi connectivity index (χ3n) is 2.76. The van der Waals surface area contributed by atoms with Gasteiger partial charge in [0, 0.05) is 0 Å². The number of hydrogen-bond donors (Lipinski definition) is 1. The molecule has 0 saturated heterocycles. The Labute approximate surface area is 79.1 Å². The van der Waals surface area contributed by atoms with Gasteiger partial charge in [-0.2, -0.15) is 0 Å². The van der Waals surface area contributed by atoms with Gasteiger partial charge in [-0.05, 0) is 18.8 Å². The minimum absolute atomic E-state index is 0.132. The standard InChI is InChI=1S/C10H18O3/c1-2-8-4-3-5-9(8)13-7-6-10(11)12/h8-9H,2-7H2,1H3,(H,11,12)/t8-,9-/m1/s1. The van der Waals surface area contributed by atoms with Crippen LogP contribution in [0.5, 0.6) is 0 Å². The first-order chi connectivity index (χ1) is 6.24. The molecule has 1 aliphatic carbocycles. The van der Waals surface area contributed by atoms with E-state index in [4.69, 9.17) is 9.84 Å². The van der Waals surface area contributed by atoms with Crippen molar-refractivity contribution in [2.45, 2.75) is 45.1 Å². The van der Waals surface area contributed by atoms with Crippen LogP contribution in [0, 0.1) is 5.92 Å². The molecule has 0 unspecified atom stereocenters. The highest BCUT2D eigenvalue weighted by atomic mass is 16.5. The van der Waals surface area contributed by atoms with Gasteiger partial charge in [-0.15, -0.1) is 0 Å². The summed E-state index contributed by atoms with van der Waals surface area (Å²) in [5, 5.41) is 8.43. The highest BCUT2D eigenvalue weighted by Crippen LogP contribution is 2.30. The van der Waals surface area contributed by atoms with E-state index in [-0.39, 0.29) is 6.42 Å². The molecule has 3 heteroatoms. The first kappa shape index (κ1) is 10.5. The van der Waals surface area contributed by atoms with Gasteiger partial charge in [0.1, 0.15) is 0 Å². The van der Waals surface area contributed by atoms with Gasteiger partial charge in [0.05, 0.1) is 19.1 Å². The molecule has 0 spiro atoms. The SMILES string of the molecule is CC[C@@H]1CCC[C@H]1OCCC(=O)O. The molecule has 1 N–H and O–H groups in total. The van der Waals surface area contributed by atoms with E-state index in [1.54, 1.807) is 0 Å². The Bertz CT molecular complexity index is 168. The summed E-state index contributed by atoms with van der Waals surface area (Å²) < 4.78 is 5.54. The maximum atomic E-state index is 10.2. The Morgan fingerprint density at radius 3 is 2.92 bits per heavy atom. The van der Waals surface area contributed by atoms with Crippen LogP contribution in [0.15, 0.2) is 0 Å². The van der Waals surface area contributed by atoms with Crippen molar-refractivity contribution >= 4 is 5.97 Å². The molecule has 0 aromatic carbocycles. The normalized spacial score (nSPS) is 27.8. The molecule has 76 valence electrons. The largest absolute Gasteiger partial charge is 0.481 e. The summed E-state index contributed by atoms with van der Waals surface area (Å²) in [6, 6.07) is 0. The molecule has 13 heavy (non-hydrogen) atoms. The topological polar surface area (TPSA) is 46.5 Å². The van der Waals surface area contributed by atoms with Crippen molar-refractivity contribution in [1.82, 2.24) is 0 Å². The number of hydrogen-bond acceptors (Lipinski definition) is 2. The monoisotopic (exact) mass is 186 g/mol. The molecule has 0 aliphatic heterocycles. The predicted molar refractivity (Wildman–Crippen MR) is 49.6 cm³/mol. The number of carboxylic acids is 1. The fourth-order valence-electron chi connectivity index (χ4n) is 1.99. The highest BCUT2D eigenvalue weighted by molar-refractivity contribution is 5.66. The zero-order chi connectivity index (χ0) is 9.68. The minimum Gasteiger partial charge on any atom is -0.481 e. The first-order valence-electron chi connectivity index (χ1n) is 5.07. The summed E-state index contributed by atoms with van der Waals surface area (Å²) in [6.07, 6.45) is 5.19. The molecule has 0 bridgehead atoms. The molecule has 1 aliphatic rings. The van der Waals surface area contributed by atoms with Crippen LogP contribution in [0.3, 0.4) is 0 Å². The Hall–Kier alpha value is -0.570. The number of carboxylic acid groups (broad SMARTS) is 1. The van der Waals surface area contributed by atoms with Gasteiger partial charge in [0.25, 0.3) is 0 Å². The first-order valence-corrected chi connectivity index (χ1v) is 5.07. The van der Waals surface area contributed by atoms with E-state index in [0.29, 0.717) is 18.6 Å². The van der Waals surface area contributed by atoms with Gasteiger partial charge < -0.3 is 9.84 Å². The zero-order valence-corrected chi connectivity index (χ0v) is 8.16. The van der Waals surface area contributed by atoms with E-state index < -0.39 is 5.97 Å².